The van der Waals surface area contributed by atoms with E-state index in [9.17, 15) is 22.0 Å². The molecule has 0 bridgehead atoms. The van der Waals surface area contributed by atoms with Gasteiger partial charge in [-0.05, 0) is 59.5 Å². The topological polar surface area (TPSA) is 9.23 Å². The largest absolute Gasteiger partial charge is 0.432 e. The number of hydrogen-bond donors (Lipinski definition) is 0. The van der Waals surface area contributed by atoms with E-state index in [1.54, 1.807) is 12.1 Å². The minimum Gasteiger partial charge on any atom is -0.429 e. The first-order chi connectivity index (χ1) is 13.3. The third-order valence-electron chi connectivity index (χ3n) is 4.22. The molecule has 0 N–H and O–H groups in total. The molecule has 0 saturated carbocycles. The predicted molar refractivity (Wildman–Crippen MR) is 96.7 cm³/mol. The van der Waals surface area contributed by atoms with Crippen LogP contribution in [0.25, 0.3) is 11.1 Å². The first-order valence-corrected chi connectivity index (χ1v) is 8.71. The molecule has 0 amide bonds. The quantitative estimate of drug-likeness (QED) is 0.417. The third kappa shape index (κ3) is 4.32. The fourth-order valence-electron chi connectivity index (χ4n) is 2.87. The first-order valence-electron chi connectivity index (χ1n) is 8.71. The number of benzene rings is 3. The number of rotatable bonds is 6. The predicted octanol–water partition coefficient (Wildman–Crippen LogP) is 6.85. The van der Waals surface area contributed by atoms with Crippen LogP contribution in [0.3, 0.4) is 0 Å². The summed E-state index contributed by atoms with van der Waals surface area (Å²) in [5.41, 5.74) is 0.220. The second-order valence-corrected chi connectivity index (χ2v) is 6.33. The van der Waals surface area contributed by atoms with E-state index in [1.165, 1.54) is 0 Å². The Bertz CT molecular complexity index is 927. The summed E-state index contributed by atoms with van der Waals surface area (Å²) in [6.07, 6.45) is -2.44. The van der Waals surface area contributed by atoms with Gasteiger partial charge >= 0.3 is 6.11 Å². The van der Waals surface area contributed by atoms with Crippen molar-refractivity contribution < 1.29 is 26.7 Å². The van der Waals surface area contributed by atoms with Gasteiger partial charge in [0.1, 0.15) is 28.8 Å². The Morgan fingerprint density at radius 1 is 0.786 bits per heavy atom. The summed E-state index contributed by atoms with van der Waals surface area (Å²) in [6, 6.07) is 12.4. The van der Waals surface area contributed by atoms with Gasteiger partial charge in [0.05, 0.1) is 0 Å². The summed E-state index contributed by atoms with van der Waals surface area (Å²) in [5.74, 6) is -3.93. The smallest absolute Gasteiger partial charge is 0.429 e. The van der Waals surface area contributed by atoms with E-state index >= 15 is 0 Å². The number of alkyl halides is 2. The standard InChI is InChI=1S/C22H17F5O/c1-2-3-14-4-6-15(7-5-14)16-12-19(24)21(20(25)13-16)22(26,27)28-18-10-8-17(23)9-11-18/h4-13H,2-3H2,1H3. The Labute approximate surface area is 159 Å². The lowest BCUT2D eigenvalue weighted by Gasteiger charge is -2.20. The Hall–Kier alpha value is -2.89. The molecule has 0 radical (unpaired) electrons. The van der Waals surface area contributed by atoms with Gasteiger partial charge in [0.2, 0.25) is 0 Å². The van der Waals surface area contributed by atoms with Gasteiger partial charge in [0.25, 0.3) is 0 Å². The zero-order chi connectivity index (χ0) is 20.3. The second-order valence-electron chi connectivity index (χ2n) is 6.33. The molecule has 0 saturated heterocycles. The van der Waals surface area contributed by atoms with Crippen LogP contribution in [0, 0.1) is 17.5 Å². The fourth-order valence-corrected chi connectivity index (χ4v) is 2.87. The molecule has 0 fully saturated rings. The maximum Gasteiger partial charge on any atom is 0.432 e. The minimum absolute atomic E-state index is 0.138. The fraction of sp³-hybridized carbons (Fsp3) is 0.182. The molecule has 0 heterocycles. The molecule has 0 aliphatic rings. The van der Waals surface area contributed by atoms with E-state index in [0.29, 0.717) is 5.56 Å². The van der Waals surface area contributed by atoms with E-state index < -0.39 is 34.9 Å². The molecular formula is C22H17F5O. The third-order valence-corrected chi connectivity index (χ3v) is 4.22. The number of ether oxygens (including phenoxy) is 1. The maximum absolute atomic E-state index is 14.4. The number of hydrogen-bond acceptors (Lipinski definition) is 1. The van der Waals surface area contributed by atoms with Gasteiger partial charge in [-0.1, -0.05) is 37.6 Å². The summed E-state index contributed by atoms with van der Waals surface area (Å²) in [4.78, 5) is 0. The highest BCUT2D eigenvalue weighted by Crippen LogP contribution is 2.37. The molecule has 1 nitrogen and oxygen atoms in total. The second kappa shape index (κ2) is 8.00. The van der Waals surface area contributed by atoms with E-state index in [-0.39, 0.29) is 5.56 Å². The van der Waals surface area contributed by atoms with Crippen molar-refractivity contribution in [3.63, 3.8) is 0 Å². The van der Waals surface area contributed by atoms with Crippen LogP contribution >= 0.6 is 0 Å². The van der Waals surface area contributed by atoms with E-state index in [0.717, 1.165) is 54.8 Å². The van der Waals surface area contributed by atoms with Crippen molar-refractivity contribution in [1.29, 1.82) is 0 Å². The Kier molecular flexibility index (Phi) is 5.68. The molecule has 0 atom stereocenters. The molecule has 28 heavy (non-hydrogen) atoms. The normalized spacial score (nSPS) is 11.5. The van der Waals surface area contributed by atoms with Crippen molar-refractivity contribution in [1.82, 2.24) is 0 Å². The van der Waals surface area contributed by atoms with Crippen LogP contribution in [0.1, 0.15) is 24.5 Å². The van der Waals surface area contributed by atoms with Crippen LogP contribution in [-0.4, -0.2) is 0 Å². The molecule has 3 rings (SSSR count). The highest BCUT2D eigenvalue weighted by molar-refractivity contribution is 5.64. The Balaban J connectivity index is 1.91. The van der Waals surface area contributed by atoms with Gasteiger partial charge in [0, 0.05) is 0 Å². The molecule has 0 spiro atoms. The van der Waals surface area contributed by atoms with Crippen LogP contribution in [0.4, 0.5) is 22.0 Å². The minimum atomic E-state index is -4.27. The first kappa shape index (κ1) is 19.9. The summed E-state index contributed by atoms with van der Waals surface area (Å²) >= 11 is 0. The monoisotopic (exact) mass is 392 g/mol. The highest BCUT2D eigenvalue weighted by atomic mass is 19.3. The van der Waals surface area contributed by atoms with Gasteiger partial charge in [-0.2, -0.15) is 8.78 Å². The lowest BCUT2D eigenvalue weighted by atomic mass is 10.00. The molecular weight excluding hydrogens is 375 g/mol. The van der Waals surface area contributed by atoms with Crippen molar-refractivity contribution in [3.8, 4) is 16.9 Å². The Morgan fingerprint density at radius 3 is 1.89 bits per heavy atom. The summed E-state index contributed by atoms with van der Waals surface area (Å²) in [5, 5.41) is 0. The number of aryl methyl sites for hydroxylation is 1. The summed E-state index contributed by atoms with van der Waals surface area (Å²) < 4.78 is 74.8. The van der Waals surface area contributed by atoms with E-state index in [1.807, 2.05) is 19.1 Å². The molecule has 0 aromatic heterocycles. The summed E-state index contributed by atoms with van der Waals surface area (Å²) in [6.45, 7) is 2.03. The molecule has 0 aliphatic carbocycles. The van der Waals surface area contributed by atoms with Crippen molar-refractivity contribution >= 4 is 0 Å². The van der Waals surface area contributed by atoms with Crippen LogP contribution in [0.2, 0.25) is 0 Å². The van der Waals surface area contributed by atoms with Crippen molar-refractivity contribution in [3.05, 3.63) is 89.2 Å². The van der Waals surface area contributed by atoms with Gasteiger partial charge < -0.3 is 4.74 Å². The van der Waals surface area contributed by atoms with Gasteiger partial charge in [-0.15, -0.1) is 0 Å². The van der Waals surface area contributed by atoms with Gasteiger partial charge in [0.15, 0.2) is 0 Å². The van der Waals surface area contributed by atoms with Crippen molar-refractivity contribution in [2.75, 3.05) is 0 Å². The lowest BCUT2D eigenvalue weighted by Crippen LogP contribution is -2.25. The molecule has 0 aliphatic heterocycles. The summed E-state index contributed by atoms with van der Waals surface area (Å²) in [7, 11) is 0. The van der Waals surface area contributed by atoms with E-state index in [4.69, 9.17) is 0 Å². The van der Waals surface area contributed by atoms with Crippen molar-refractivity contribution in [2.24, 2.45) is 0 Å². The van der Waals surface area contributed by atoms with Crippen LogP contribution in [0.15, 0.2) is 60.7 Å². The zero-order valence-corrected chi connectivity index (χ0v) is 15.0. The zero-order valence-electron chi connectivity index (χ0n) is 15.0. The average molecular weight is 392 g/mol. The van der Waals surface area contributed by atoms with Crippen LogP contribution in [-0.2, 0) is 12.5 Å². The average Bonchev–Trinajstić information content (AvgIpc) is 2.63. The Morgan fingerprint density at radius 2 is 1.36 bits per heavy atom. The van der Waals surface area contributed by atoms with E-state index in [2.05, 4.69) is 4.74 Å². The molecule has 0 unspecified atom stereocenters. The van der Waals surface area contributed by atoms with Crippen LogP contribution in [0.5, 0.6) is 5.75 Å². The SMILES string of the molecule is CCCc1ccc(-c2cc(F)c(C(F)(F)Oc3ccc(F)cc3)c(F)c2)cc1. The van der Waals surface area contributed by atoms with Crippen molar-refractivity contribution in [2.45, 2.75) is 25.9 Å². The maximum atomic E-state index is 14.4. The lowest BCUT2D eigenvalue weighted by molar-refractivity contribution is -0.189. The van der Waals surface area contributed by atoms with Crippen LogP contribution < -0.4 is 4.74 Å². The molecule has 3 aromatic rings. The highest BCUT2D eigenvalue weighted by Gasteiger charge is 2.41. The van der Waals surface area contributed by atoms with Gasteiger partial charge in [-0.3, -0.25) is 0 Å². The molecule has 3 aromatic carbocycles. The molecule has 146 valence electrons. The number of halogens is 5. The van der Waals surface area contributed by atoms with Gasteiger partial charge in [-0.25, -0.2) is 13.2 Å². The molecule has 6 heteroatoms.